The molecule has 2 aliphatic heterocycles. The molecule has 5 nitrogen and oxygen atoms in total. The number of pyridine rings is 1. The van der Waals surface area contributed by atoms with Gasteiger partial charge >= 0.3 is 0 Å². The Balaban J connectivity index is 1.52. The standard InChI is InChI=1S/C23H26Cl2N4OS/c1-13-19(10-26)23(18-6-3-15(24)9-20(18)25)22-14(2)29(12-21(22)27-13)16-7-8-28(11-16)31(30)17-4-5-17/h3,6,9,16-17H,2,4-5,7-8,10-12,26H2,1H3. The molecule has 2 unspecified atom stereocenters. The number of aromatic nitrogens is 1. The van der Waals surface area contributed by atoms with Crippen molar-refractivity contribution in [3.05, 3.63) is 57.3 Å². The third-order valence-corrected chi connectivity index (χ3v) is 9.00. The molecule has 1 aliphatic carbocycles. The van der Waals surface area contributed by atoms with Crippen LogP contribution in [0.2, 0.25) is 10.0 Å². The predicted octanol–water partition coefficient (Wildman–Crippen LogP) is 4.51. The Labute approximate surface area is 195 Å². The minimum Gasteiger partial charge on any atom is -0.361 e. The third-order valence-electron chi connectivity index (χ3n) is 6.57. The molecule has 3 heterocycles. The summed E-state index contributed by atoms with van der Waals surface area (Å²) in [7, 11) is -0.852. The maximum absolute atomic E-state index is 12.6. The van der Waals surface area contributed by atoms with Crippen molar-refractivity contribution in [2.24, 2.45) is 5.73 Å². The number of halogens is 2. The lowest BCUT2D eigenvalue weighted by Crippen LogP contribution is -2.34. The van der Waals surface area contributed by atoms with Gasteiger partial charge in [0.1, 0.15) is 0 Å². The van der Waals surface area contributed by atoms with Gasteiger partial charge in [-0.1, -0.05) is 35.8 Å². The van der Waals surface area contributed by atoms with Gasteiger partial charge in [0.05, 0.1) is 23.2 Å². The molecule has 2 atom stereocenters. The summed E-state index contributed by atoms with van der Waals surface area (Å²) in [4.78, 5) is 7.23. The highest BCUT2D eigenvalue weighted by Crippen LogP contribution is 2.45. The van der Waals surface area contributed by atoms with Gasteiger partial charge in [0.2, 0.25) is 0 Å². The first-order valence-corrected chi connectivity index (χ1v) is 12.6. The van der Waals surface area contributed by atoms with Gasteiger partial charge in [-0.25, -0.2) is 8.51 Å². The van der Waals surface area contributed by atoms with E-state index in [4.69, 9.17) is 33.9 Å². The lowest BCUT2D eigenvalue weighted by Gasteiger charge is -2.27. The molecule has 1 saturated carbocycles. The molecule has 31 heavy (non-hydrogen) atoms. The molecule has 1 saturated heterocycles. The Morgan fingerprint density at radius 1 is 1.26 bits per heavy atom. The molecule has 1 aromatic heterocycles. The van der Waals surface area contributed by atoms with E-state index in [1.165, 1.54) is 0 Å². The van der Waals surface area contributed by atoms with E-state index < -0.39 is 11.0 Å². The zero-order chi connectivity index (χ0) is 21.9. The number of rotatable bonds is 5. The number of hydrogen-bond donors (Lipinski definition) is 1. The number of nitrogens with zero attached hydrogens (tertiary/aromatic N) is 3. The van der Waals surface area contributed by atoms with Gasteiger partial charge in [-0.05, 0) is 43.9 Å². The topological polar surface area (TPSA) is 62.5 Å². The van der Waals surface area contributed by atoms with Crippen LogP contribution in [0.15, 0.2) is 24.8 Å². The normalized spacial score (nSPS) is 22.3. The van der Waals surface area contributed by atoms with Gasteiger partial charge in [0, 0.05) is 69.1 Å². The van der Waals surface area contributed by atoms with E-state index in [9.17, 15) is 4.21 Å². The lowest BCUT2D eigenvalue weighted by atomic mass is 9.92. The molecule has 3 aliphatic rings. The second kappa shape index (κ2) is 8.16. The molecule has 0 bridgehead atoms. The van der Waals surface area contributed by atoms with Crippen LogP contribution in [0.1, 0.15) is 41.8 Å². The molecule has 8 heteroatoms. The zero-order valence-electron chi connectivity index (χ0n) is 17.5. The largest absolute Gasteiger partial charge is 0.361 e. The van der Waals surface area contributed by atoms with Crippen LogP contribution < -0.4 is 5.73 Å². The number of hydrogen-bond acceptors (Lipinski definition) is 4. The number of nitrogens with two attached hydrogens (primary N) is 1. The summed E-state index contributed by atoms with van der Waals surface area (Å²) in [5, 5.41) is 1.56. The van der Waals surface area contributed by atoms with E-state index in [1.54, 1.807) is 6.07 Å². The molecular formula is C23H26Cl2N4OS. The Morgan fingerprint density at radius 3 is 2.71 bits per heavy atom. The van der Waals surface area contributed by atoms with Crippen LogP contribution in [0.4, 0.5) is 0 Å². The maximum atomic E-state index is 12.6. The number of fused-ring (bicyclic) bond motifs is 1. The van der Waals surface area contributed by atoms with Crippen molar-refractivity contribution in [1.29, 1.82) is 0 Å². The van der Waals surface area contributed by atoms with Gasteiger partial charge in [-0.15, -0.1) is 0 Å². The molecule has 2 fully saturated rings. The lowest BCUT2D eigenvalue weighted by molar-refractivity contribution is 0.306. The van der Waals surface area contributed by atoms with E-state index in [-0.39, 0.29) is 6.04 Å². The monoisotopic (exact) mass is 476 g/mol. The summed E-state index contributed by atoms with van der Waals surface area (Å²) in [6.07, 6.45) is 3.16. The van der Waals surface area contributed by atoms with Crippen molar-refractivity contribution in [1.82, 2.24) is 14.2 Å². The molecule has 164 valence electrons. The summed E-state index contributed by atoms with van der Waals surface area (Å²) in [6.45, 7) is 9.19. The van der Waals surface area contributed by atoms with Crippen LogP contribution in [0.3, 0.4) is 0 Å². The molecule has 0 radical (unpaired) electrons. The van der Waals surface area contributed by atoms with Crippen LogP contribution in [-0.2, 0) is 24.1 Å². The quantitative estimate of drug-likeness (QED) is 0.689. The average Bonchev–Trinajstić information content (AvgIpc) is 3.38. The highest BCUT2D eigenvalue weighted by atomic mass is 35.5. The predicted molar refractivity (Wildman–Crippen MR) is 128 cm³/mol. The van der Waals surface area contributed by atoms with Crippen molar-refractivity contribution in [3.8, 4) is 11.1 Å². The number of benzene rings is 1. The van der Waals surface area contributed by atoms with Gasteiger partial charge in [-0.2, -0.15) is 0 Å². The van der Waals surface area contributed by atoms with Gasteiger partial charge in [0.15, 0.2) is 0 Å². The molecule has 1 aromatic carbocycles. The molecular weight excluding hydrogens is 451 g/mol. The van der Waals surface area contributed by atoms with Gasteiger partial charge in [0.25, 0.3) is 0 Å². The molecule has 2 aromatic rings. The van der Waals surface area contributed by atoms with E-state index in [0.29, 0.717) is 28.4 Å². The number of aryl methyl sites for hydroxylation is 1. The van der Waals surface area contributed by atoms with Crippen LogP contribution in [0.25, 0.3) is 16.8 Å². The SMILES string of the molecule is C=C1c2c(nc(C)c(CN)c2-c2ccc(Cl)cc2Cl)CN1C1CCN(S(=O)C2CC2)C1. The molecule has 0 amide bonds. The summed E-state index contributed by atoms with van der Waals surface area (Å²) >= 11 is 12.8. The summed E-state index contributed by atoms with van der Waals surface area (Å²) in [6, 6.07) is 5.84. The van der Waals surface area contributed by atoms with Crippen molar-refractivity contribution in [2.45, 2.75) is 50.6 Å². The fourth-order valence-corrected chi connectivity index (χ4v) is 6.89. The maximum Gasteiger partial charge on any atom is 0.0974 e. The molecule has 2 N–H and O–H groups in total. The van der Waals surface area contributed by atoms with Crippen molar-refractivity contribution in [3.63, 3.8) is 0 Å². The summed E-state index contributed by atoms with van der Waals surface area (Å²) in [5.74, 6) is 0. The fraction of sp³-hybridized carbons (Fsp3) is 0.435. The fourth-order valence-electron chi connectivity index (χ4n) is 4.83. The first-order valence-electron chi connectivity index (χ1n) is 10.7. The van der Waals surface area contributed by atoms with Crippen molar-refractivity contribution >= 4 is 39.9 Å². The van der Waals surface area contributed by atoms with E-state index in [1.807, 2.05) is 19.1 Å². The van der Waals surface area contributed by atoms with Gasteiger partial charge in [-0.3, -0.25) is 4.98 Å². The Kier molecular flexibility index (Phi) is 5.64. The van der Waals surface area contributed by atoms with E-state index in [0.717, 1.165) is 71.7 Å². The average molecular weight is 477 g/mol. The summed E-state index contributed by atoms with van der Waals surface area (Å²) in [5.41, 5.74) is 12.9. The van der Waals surface area contributed by atoms with Gasteiger partial charge < -0.3 is 10.6 Å². The highest BCUT2D eigenvalue weighted by molar-refractivity contribution is 7.83. The van der Waals surface area contributed by atoms with E-state index >= 15 is 0 Å². The minimum absolute atomic E-state index is 0.277. The van der Waals surface area contributed by atoms with Crippen molar-refractivity contribution < 1.29 is 4.21 Å². The minimum atomic E-state index is -0.852. The Hall–Kier alpha value is -1.44. The first-order chi connectivity index (χ1) is 14.9. The smallest absolute Gasteiger partial charge is 0.0974 e. The Morgan fingerprint density at radius 2 is 2.03 bits per heavy atom. The van der Waals surface area contributed by atoms with Crippen LogP contribution in [0.5, 0.6) is 0 Å². The Bertz CT molecular complexity index is 1100. The molecule has 5 rings (SSSR count). The van der Waals surface area contributed by atoms with Crippen LogP contribution in [0, 0.1) is 6.92 Å². The van der Waals surface area contributed by atoms with E-state index in [2.05, 4.69) is 15.8 Å². The van der Waals surface area contributed by atoms with Crippen LogP contribution in [-0.4, -0.2) is 42.8 Å². The highest BCUT2D eigenvalue weighted by Gasteiger charge is 2.40. The van der Waals surface area contributed by atoms with Crippen molar-refractivity contribution in [2.75, 3.05) is 13.1 Å². The van der Waals surface area contributed by atoms with Crippen LogP contribution >= 0.6 is 23.2 Å². The molecule has 0 spiro atoms. The third kappa shape index (κ3) is 3.72. The second-order valence-corrected chi connectivity index (χ2v) is 11.2. The zero-order valence-corrected chi connectivity index (χ0v) is 19.9. The second-order valence-electron chi connectivity index (χ2n) is 8.58. The summed E-state index contributed by atoms with van der Waals surface area (Å²) < 4.78 is 14.8. The first kappa shape index (κ1) is 21.4.